The van der Waals surface area contributed by atoms with E-state index in [9.17, 15) is 0 Å². The molecule has 0 radical (unpaired) electrons. The Bertz CT molecular complexity index is 149. The lowest BCUT2D eigenvalue weighted by Gasteiger charge is -2.09. The van der Waals surface area contributed by atoms with Gasteiger partial charge in [-0.05, 0) is 12.5 Å². The van der Waals surface area contributed by atoms with E-state index in [1.165, 1.54) is 0 Å². The SMILES string of the molecule is CCC=CC1=NCCCO1. The van der Waals surface area contributed by atoms with Crippen LogP contribution in [0.3, 0.4) is 0 Å². The van der Waals surface area contributed by atoms with Gasteiger partial charge in [0.05, 0.1) is 6.61 Å². The Hall–Kier alpha value is -0.790. The van der Waals surface area contributed by atoms with E-state index in [2.05, 4.69) is 18.0 Å². The highest BCUT2D eigenvalue weighted by Crippen LogP contribution is 1.97. The molecule has 56 valence electrons. The van der Waals surface area contributed by atoms with Crippen LogP contribution in [0, 0.1) is 0 Å². The number of ether oxygens (including phenoxy) is 1. The summed E-state index contributed by atoms with van der Waals surface area (Å²) in [6.45, 7) is 3.84. The van der Waals surface area contributed by atoms with Gasteiger partial charge in [0.2, 0.25) is 5.90 Å². The van der Waals surface area contributed by atoms with E-state index in [4.69, 9.17) is 4.74 Å². The van der Waals surface area contributed by atoms with Crippen molar-refractivity contribution < 1.29 is 4.74 Å². The summed E-state index contributed by atoms with van der Waals surface area (Å²) in [5.74, 6) is 0.799. The van der Waals surface area contributed by atoms with Crippen LogP contribution >= 0.6 is 0 Å². The van der Waals surface area contributed by atoms with Crippen molar-refractivity contribution in [3.63, 3.8) is 0 Å². The van der Waals surface area contributed by atoms with Crippen LogP contribution < -0.4 is 0 Å². The van der Waals surface area contributed by atoms with Crippen molar-refractivity contribution in [1.82, 2.24) is 0 Å². The zero-order chi connectivity index (χ0) is 7.23. The second-order valence-electron chi connectivity index (χ2n) is 2.23. The van der Waals surface area contributed by atoms with Crippen molar-refractivity contribution in [3.05, 3.63) is 12.2 Å². The Morgan fingerprint density at radius 2 is 2.60 bits per heavy atom. The van der Waals surface area contributed by atoms with E-state index in [0.29, 0.717) is 0 Å². The molecule has 1 aliphatic rings. The first-order valence-electron chi connectivity index (χ1n) is 3.77. The van der Waals surface area contributed by atoms with Crippen molar-refractivity contribution in [2.24, 2.45) is 4.99 Å². The number of hydrogen-bond donors (Lipinski definition) is 0. The fourth-order valence-corrected chi connectivity index (χ4v) is 0.796. The van der Waals surface area contributed by atoms with E-state index in [1.54, 1.807) is 0 Å². The number of nitrogens with zero attached hydrogens (tertiary/aromatic N) is 1. The van der Waals surface area contributed by atoms with Crippen LogP contribution in [-0.2, 0) is 4.74 Å². The summed E-state index contributed by atoms with van der Waals surface area (Å²) in [7, 11) is 0. The Kier molecular flexibility index (Phi) is 3.00. The molecule has 0 aliphatic carbocycles. The van der Waals surface area contributed by atoms with Gasteiger partial charge in [-0.2, -0.15) is 0 Å². The average molecular weight is 139 g/mol. The summed E-state index contributed by atoms with van der Waals surface area (Å²) in [4.78, 5) is 4.17. The molecule has 0 atom stereocenters. The van der Waals surface area contributed by atoms with Crippen LogP contribution in [0.1, 0.15) is 19.8 Å². The van der Waals surface area contributed by atoms with Gasteiger partial charge in [0, 0.05) is 13.0 Å². The highest BCUT2D eigenvalue weighted by atomic mass is 16.5. The molecule has 10 heavy (non-hydrogen) atoms. The third-order valence-electron chi connectivity index (χ3n) is 1.32. The van der Waals surface area contributed by atoms with Gasteiger partial charge < -0.3 is 4.74 Å². The molecule has 1 aliphatic heterocycles. The molecule has 0 aromatic rings. The van der Waals surface area contributed by atoms with Crippen LogP contribution in [0.2, 0.25) is 0 Å². The van der Waals surface area contributed by atoms with E-state index < -0.39 is 0 Å². The van der Waals surface area contributed by atoms with Crippen LogP contribution in [-0.4, -0.2) is 19.0 Å². The summed E-state index contributed by atoms with van der Waals surface area (Å²) in [5, 5.41) is 0. The Morgan fingerprint density at radius 1 is 1.70 bits per heavy atom. The van der Waals surface area contributed by atoms with Crippen molar-refractivity contribution >= 4 is 5.90 Å². The number of hydrogen-bond acceptors (Lipinski definition) is 2. The second kappa shape index (κ2) is 4.09. The maximum atomic E-state index is 5.24. The molecule has 0 fully saturated rings. The minimum atomic E-state index is 0.799. The van der Waals surface area contributed by atoms with E-state index in [-0.39, 0.29) is 0 Å². The lowest BCUT2D eigenvalue weighted by atomic mass is 10.4. The maximum Gasteiger partial charge on any atom is 0.208 e. The second-order valence-corrected chi connectivity index (χ2v) is 2.23. The van der Waals surface area contributed by atoms with E-state index in [1.807, 2.05) is 6.08 Å². The minimum absolute atomic E-state index is 0.799. The highest BCUT2D eigenvalue weighted by Gasteiger charge is 1.99. The maximum absolute atomic E-state index is 5.24. The first-order valence-corrected chi connectivity index (χ1v) is 3.77. The van der Waals surface area contributed by atoms with Gasteiger partial charge in [-0.25, -0.2) is 0 Å². The third-order valence-corrected chi connectivity index (χ3v) is 1.32. The van der Waals surface area contributed by atoms with Gasteiger partial charge in [-0.1, -0.05) is 13.0 Å². The molecule has 2 nitrogen and oxygen atoms in total. The molecule has 0 amide bonds. The summed E-state index contributed by atoms with van der Waals surface area (Å²) in [6, 6.07) is 0. The third kappa shape index (κ3) is 2.21. The number of aliphatic imine (C=N–C) groups is 1. The molecule has 1 heterocycles. The van der Waals surface area contributed by atoms with Gasteiger partial charge in [0.1, 0.15) is 0 Å². The summed E-state index contributed by atoms with van der Waals surface area (Å²) < 4.78 is 5.24. The molecule has 0 N–H and O–H groups in total. The standard InChI is InChI=1S/C8H13NO/c1-2-3-5-8-9-6-4-7-10-8/h3,5H,2,4,6-7H2,1H3. The highest BCUT2D eigenvalue weighted by molar-refractivity contribution is 5.87. The number of rotatable bonds is 2. The summed E-state index contributed by atoms with van der Waals surface area (Å²) >= 11 is 0. The molecule has 1 rings (SSSR count). The monoisotopic (exact) mass is 139 g/mol. The lowest BCUT2D eigenvalue weighted by Crippen LogP contribution is -2.10. The van der Waals surface area contributed by atoms with E-state index >= 15 is 0 Å². The van der Waals surface area contributed by atoms with Gasteiger partial charge in [-0.15, -0.1) is 0 Å². The van der Waals surface area contributed by atoms with Crippen molar-refractivity contribution in [2.45, 2.75) is 19.8 Å². The molecule has 2 heteroatoms. The largest absolute Gasteiger partial charge is 0.478 e. The average Bonchev–Trinajstić information content (AvgIpc) is 2.03. The fraction of sp³-hybridized carbons (Fsp3) is 0.625. The quantitative estimate of drug-likeness (QED) is 0.571. The zero-order valence-electron chi connectivity index (χ0n) is 6.34. The van der Waals surface area contributed by atoms with Gasteiger partial charge in [0.15, 0.2) is 0 Å². The number of allylic oxidation sites excluding steroid dienone is 1. The molecular weight excluding hydrogens is 126 g/mol. The smallest absolute Gasteiger partial charge is 0.208 e. The Morgan fingerprint density at radius 3 is 3.20 bits per heavy atom. The van der Waals surface area contributed by atoms with Crippen LogP contribution in [0.25, 0.3) is 0 Å². The van der Waals surface area contributed by atoms with Crippen LogP contribution in [0.5, 0.6) is 0 Å². The summed E-state index contributed by atoms with van der Waals surface area (Å²) in [6.07, 6.45) is 6.11. The first kappa shape index (κ1) is 7.32. The molecule has 0 aromatic heterocycles. The predicted molar refractivity (Wildman–Crippen MR) is 42.3 cm³/mol. The normalized spacial score (nSPS) is 18.7. The molecule has 0 saturated carbocycles. The predicted octanol–water partition coefficient (Wildman–Crippen LogP) is 1.77. The Balaban J connectivity index is 2.38. The Labute approximate surface area is 61.6 Å². The first-order chi connectivity index (χ1) is 4.93. The molecular formula is C8H13NO. The van der Waals surface area contributed by atoms with E-state index in [0.717, 1.165) is 31.9 Å². The molecule has 0 spiro atoms. The van der Waals surface area contributed by atoms with Crippen molar-refractivity contribution in [3.8, 4) is 0 Å². The molecule has 0 aromatic carbocycles. The van der Waals surface area contributed by atoms with Crippen molar-refractivity contribution in [1.29, 1.82) is 0 Å². The van der Waals surface area contributed by atoms with Gasteiger partial charge in [-0.3, -0.25) is 4.99 Å². The molecule has 0 bridgehead atoms. The van der Waals surface area contributed by atoms with Crippen LogP contribution in [0.15, 0.2) is 17.1 Å². The topological polar surface area (TPSA) is 21.6 Å². The lowest BCUT2D eigenvalue weighted by molar-refractivity contribution is 0.285. The van der Waals surface area contributed by atoms with Gasteiger partial charge in [0.25, 0.3) is 0 Å². The molecule has 0 saturated heterocycles. The minimum Gasteiger partial charge on any atom is -0.478 e. The summed E-state index contributed by atoms with van der Waals surface area (Å²) in [5.41, 5.74) is 0. The zero-order valence-corrected chi connectivity index (χ0v) is 6.34. The van der Waals surface area contributed by atoms with Crippen molar-refractivity contribution in [2.75, 3.05) is 13.2 Å². The van der Waals surface area contributed by atoms with Crippen LogP contribution in [0.4, 0.5) is 0 Å². The van der Waals surface area contributed by atoms with Gasteiger partial charge >= 0.3 is 0 Å². The molecule has 0 unspecified atom stereocenters. The fourth-order valence-electron chi connectivity index (χ4n) is 0.796.